The van der Waals surface area contributed by atoms with Crippen molar-refractivity contribution in [2.45, 2.75) is 6.61 Å². The van der Waals surface area contributed by atoms with Gasteiger partial charge in [0, 0.05) is 5.39 Å². The second-order valence-corrected chi connectivity index (χ2v) is 5.08. The molecule has 4 N–H and O–H groups in total. The van der Waals surface area contributed by atoms with Gasteiger partial charge in [0.15, 0.2) is 5.82 Å². The van der Waals surface area contributed by atoms with Gasteiger partial charge in [-0.2, -0.15) is 5.48 Å². The Balaban J connectivity index is 2.03. The van der Waals surface area contributed by atoms with Crippen molar-refractivity contribution < 1.29 is 14.7 Å². The largest absolute Gasteiger partial charge is 0.464 e. The molecule has 2 heterocycles. The summed E-state index contributed by atoms with van der Waals surface area (Å²) in [5.41, 5.74) is 9.14. The maximum absolute atomic E-state index is 10.3. The number of nitrogen functional groups attached to an aromatic ring is 1. The number of thiazole rings is 1. The van der Waals surface area contributed by atoms with Gasteiger partial charge in [-0.05, 0) is 6.07 Å². The van der Waals surface area contributed by atoms with Gasteiger partial charge in [-0.25, -0.2) is 14.8 Å². The van der Waals surface area contributed by atoms with Gasteiger partial charge in [0.05, 0.1) is 10.2 Å². The van der Waals surface area contributed by atoms with Crippen molar-refractivity contribution in [1.29, 1.82) is 0 Å². The average molecular weight is 290 g/mol. The van der Waals surface area contributed by atoms with E-state index in [9.17, 15) is 4.79 Å². The molecule has 1 aromatic carbocycles. The Morgan fingerprint density at radius 3 is 3.00 bits per heavy atom. The van der Waals surface area contributed by atoms with E-state index in [2.05, 4.69) is 9.97 Å². The van der Waals surface area contributed by atoms with Crippen LogP contribution in [0.15, 0.2) is 24.3 Å². The van der Waals surface area contributed by atoms with Crippen molar-refractivity contribution in [2.75, 3.05) is 5.73 Å². The number of hydrogen-bond donors (Lipinski definition) is 3. The molecule has 0 saturated heterocycles. The van der Waals surface area contributed by atoms with Gasteiger partial charge in [0.25, 0.3) is 0 Å². The predicted octanol–water partition coefficient (Wildman–Crippen LogP) is 2.13. The summed E-state index contributed by atoms with van der Waals surface area (Å²) < 4.78 is 0.919. The van der Waals surface area contributed by atoms with Crippen molar-refractivity contribution in [3.05, 3.63) is 29.3 Å². The summed E-state index contributed by atoms with van der Waals surface area (Å²) in [5, 5.41) is 10.0. The fourth-order valence-corrected chi connectivity index (χ4v) is 2.91. The topological polar surface area (TPSA) is 110 Å². The number of hydrogen-bond acceptors (Lipinski definition) is 6. The highest BCUT2D eigenvalue weighted by molar-refractivity contribution is 7.19. The maximum atomic E-state index is 10.3. The standard InChI is InChI=1S/C12H10N4O3S/c13-11-9-10(6-3-1-2-4-7(6)14-11)20-8(15-9)5-19-16-12(17)18/h1-4,16H,5H2,(H2,13,14)(H,17,18). The Morgan fingerprint density at radius 2 is 2.20 bits per heavy atom. The van der Waals surface area contributed by atoms with Gasteiger partial charge in [-0.15, -0.1) is 11.3 Å². The van der Waals surface area contributed by atoms with E-state index < -0.39 is 6.09 Å². The van der Waals surface area contributed by atoms with Crippen molar-refractivity contribution in [3.63, 3.8) is 0 Å². The SMILES string of the molecule is Nc1nc2ccccc2c2sc(CONC(=O)O)nc12. The van der Waals surface area contributed by atoms with Gasteiger partial charge >= 0.3 is 6.09 Å². The zero-order chi connectivity index (χ0) is 14.1. The first kappa shape index (κ1) is 12.6. The number of fused-ring (bicyclic) bond motifs is 3. The lowest BCUT2D eigenvalue weighted by molar-refractivity contribution is 0.0314. The number of carboxylic acid groups (broad SMARTS) is 1. The summed E-state index contributed by atoms with van der Waals surface area (Å²) in [6.07, 6.45) is -1.25. The highest BCUT2D eigenvalue weighted by atomic mass is 32.1. The first-order chi connectivity index (χ1) is 9.65. The molecule has 0 fully saturated rings. The number of aromatic nitrogens is 2. The first-order valence-electron chi connectivity index (χ1n) is 5.69. The second-order valence-electron chi connectivity index (χ2n) is 4.00. The maximum Gasteiger partial charge on any atom is 0.428 e. The van der Waals surface area contributed by atoms with Crippen LogP contribution in [0.25, 0.3) is 21.1 Å². The van der Waals surface area contributed by atoms with Crippen LogP contribution in [-0.2, 0) is 11.4 Å². The third-order valence-electron chi connectivity index (χ3n) is 2.66. The highest BCUT2D eigenvalue weighted by Crippen LogP contribution is 2.32. The van der Waals surface area contributed by atoms with Crippen LogP contribution in [0.5, 0.6) is 0 Å². The molecule has 0 aliphatic carbocycles. The van der Waals surface area contributed by atoms with E-state index in [1.807, 2.05) is 29.7 Å². The molecule has 0 saturated carbocycles. The van der Waals surface area contributed by atoms with Crippen molar-refractivity contribution in [3.8, 4) is 0 Å². The number of amides is 1. The number of nitrogens with zero attached hydrogens (tertiary/aromatic N) is 2. The van der Waals surface area contributed by atoms with Gasteiger partial charge < -0.3 is 10.8 Å². The van der Waals surface area contributed by atoms with E-state index in [1.165, 1.54) is 11.3 Å². The van der Waals surface area contributed by atoms with Crippen molar-refractivity contribution in [1.82, 2.24) is 15.4 Å². The summed E-state index contributed by atoms with van der Waals surface area (Å²) >= 11 is 1.40. The van der Waals surface area contributed by atoms with Gasteiger partial charge in [-0.1, -0.05) is 18.2 Å². The highest BCUT2D eigenvalue weighted by Gasteiger charge is 2.12. The lowest BCUT2D eigenvalue weighted by Crippen LogP contribution is -2.20. The van der Waals surface area contributed by atoms with Gasteiger partial charge in [-0.3, -0.25) is 4.84 Å². The minimum absolute atomic E-state index is 0.0411. The molecule has 0 spiro atoms. The van der Waals surface area contributed by atoms with Crippen LogP contribution in [0.4, 0.5) is 10.6 Å². The third kappa shape index (κ3) is 2.22. The fourth-order valence-electron chi connectivity index (χ4n) is 1.89. The van der Waals surface area contributed by atoms with E-state index in [0.717, 1.165) is 15.6 Å². The number of para-hydroxylation sites is 1. The number of hydroxylamine groups is 1. The molecule has 7 nitrogen and oxygen atoms in total. The summed E-state index contributed by atoms with van der Waals surface area (Å²) in [6, 6.07) is 7.64. The van der Waals surface area contributed by atoms with E-state index in [1.54, 1.807) is 0 Å². The molecular formula is C12H10N4O3S. The molecule has 3 aromatic rings. The van der Waals surface area contributed by atoms with E-state index in [4.69, 9.17) is 15.7 Å². The molecule has 3 rings (SSSR count). The fraction of sp³-hybridized carbons (Fsp3) is 0.0833. The van der Waals surface area contributed by atoms with Crippen LogP contribution >= 0.6 is 11.3 Å². The molecule has 2 aromatic heterocycles. The molecule has 0 unspecified atom stereocenters. The molecule has 1 amide bonds. The molecule has 0 atom stereocenters. The Bertz CT molecular complexity index is 802. The second kappa shape index (κ2) is 4.91. The smallest absolute Gasteiger partial charge is 0.428 e. The van der Waals surface area contributed by atoms with Crippen LogP contribution in [0.1, 0.15) is 5.01 Å². The normalized spacial score (nSPS) is 11.0. The monoisotopic (exact) mass is 290 g/mol. The number of rotatable bonds is 3. The Morgan fingerprint density at radius 1 is 1.40 bits per heavy atom. The molecule has 102 valence electrons. The zero-order valence-corrected chi connectivity index (χ0v) is 11.0. The Kier molecular flexibility index (Phi) is 3.09. The summed E-state index contributed by atoms with van der Waals surface area (Å²) in [4.78, 5) is 23.7. The quantitative estimate of drug-likeness (QED) is 0.637. The molecule has 0 aliphatic heterocycles. The number of anilines is 1. The van der Waals surface area contributed by atoms with Crippen LogP contribution in [-0.4, -0.2) is 21.2 Å². The average Bonchev–Trinajstić information content (AvgIpc) is 2.83. The summed E-state index contributed by atoms with van der Waals surface area (Å²) in [6.45, 7) is 0.0411. The Hall–Kier alpha value is -2.45. The lowest BCUT2D eigenvalue weighted by atomic mass is 10.2. The number of nitrogens with one attached hydrogen (secondary N) is 1. The van der Waals surface area contributed by atoms with Gasteiger partial charge in [0.2, 0.25) is 0 Å². The Labute approximate surface area is 117 Å². The summed E-state index contributed by atoms with van der Waals surface area (Å²) in [7, 11) is 0. The molecule has 8 heteroatoms. The molecular weight excluding hydrogens is 280 g/mol. The van der Waals surface area contributed by atoms with Crippen LogP contribution in [0, 0.1) is 0 Å². The molecule has 20 heavy (non-hydrogen) atoms. The third-order valence-corrected chi connectivity index (χ3v) is 3.72. The minimum Gasteiger partial charge on any atom is -0.464 e. The van der Waals surface area contributed by atoms with Crippen molar-refractivity contribution in [2.24, 2.45) is 0 Å². The predicted molar refractivity (Wildman–Crippen MR) is 75.3 cm³/mol. The lowest BCUT2D eigenvalue weighted by Gasteiger charge is -1.99. The number of benzene rings is 1. The van der Waals surface area contributed by atoms with Crippen LogP contribution in [0.2, 0.25) is 0 Å². The molecule has 0 radical (unpaired) electrons. The zero-order valence-electron chi connectivity index (χ0n) is 10.2. The summed E-state index contributed by atoms with van der Waals surface area (Å²) in [5.74, 6) is 0.354. The van der Waals surface area contributed by atoms with E-state index in [0.29, 0.717) is 16.3 Å². The molecule has 0 aliphatic rings. The minimum atomic E-state index is -1.25. The number of pyridine rings is 1. The van der Waals surface area contributed by atoms with E-state index >= 15 is 0 Å². The first-order valence-corrected chi connectivity index (χ1v) is 6.51. The number of nitrogens with two attached hydrogens (primary N) is 1. The van der Waals surface area contributed by atoms with Crippen LogP contribution in [0.3, 0.4) is 0 Å². The molecule has 0 bridgehead atoms. The van der Waals surface area contributed by atoms with Crippen LogP contribution < -0.4 is 11.2 Å². The number of carbonyl (C=O) groups is 1. The van der Waals surface area contributed by atoms with Gasteiger partial charge in [0.1, 0.15) is 17.1 Å². The van der Waals surface area contributed by atoms with E-state index in [-0.39, 0.29) is 6.61 Å². The van der Waals surface area contributed by atoms with Crippen molar-refractivity contribution >= 4 is 44.4 Å².